The average Bonchev–Trinajstić information content (AvgIpc) is 2.51. The van der Waals surface area contributed by atoms with Gasteiger partial charge in [-0.25, -0.2) is 4.79 Å². The van der Waals surface area contributed by atoms with Crippen LogP contribution in [0.1, 0.15) is 24.6 Å². The van der Waals surface area contributed by atoms with Crippen molar-refractivity contribution in [1.82, 2.24) is 4.98 Å². The number of pyridine rings is 1. The molecule has 1 amide bonds. The fourth-order valence-corrected chi connectivity index (χ4v) is 2.87. The summed E-state index contributed by atoms with van der Waals surface area (Å²) >= 11 is 0. The second kappa shape index (κ2) is 6.05. The first kappa shape index (κ1) is 14.4. The Morgan fingerprint density at radius 1 is 1.41 bits per heavy atom. The highest BCUT2D eigenvalue weighted by molar-refractivity contribution is 5.83. The number of hydrogen-bond donors (Lipinski definition) is 2. The molecule has 1 aromatic carbocycles. The molecule has 0 fully saturated rings. The third kappa shape index (κ3) is 3.03. The maximum atomic E-state index is 10.8. The standard InChI is InChI=1S/C17H19N3O2/c1-12-7-8-15-16(9-14(10-18-15)19-17(21)22)20(12)11-13-5-3-2-4-6-13/h2-6,9-10,12,19H,7-8,11H2,1H3,(H,21,22). The molecule has 1 unspecified atom stereocenters. The van der Waals surface area contributed by atoms with E-state index in [1.54, 1.807) is 6.20 Å². The van der Waals surface area contributed by atoms with Gasteiger partial charge in [0.15, 0.2) is 0 Å². The fourth-order valence-electron chi connectivity index (χ4n) is 2.87. The minimum absolute atomic E-state index is 0.398. The van der Waals surface area contributed by atoms with Crippen LogP contribution in [0, 0.1) is 0 Å². The summed E-state index contributed by atoms with van der Waals surface area (Å²) in [5.74, 6) is 0. The van der Waals surface area contributed by atoms with Gasteiger partial charge in [0.2, 0.25) is 0 Å². The van der Waals surface area contributed by atoms with Crippen molar-refractivity contribution >= 4 is 17.5 Å². The van der Waals surface area contributed by atoms with Crippen molar-refractivity contribution in [2.24, 2.45) is 0 Å². The molecule has 1 aliphatic rings. The lowest BCUT2D eigenvalue weighted by molar-refractivity contribution is 0.209. The summed E-state index contributed by atoms with van der Waals surface area (Å²) in [6.45, 7) is 3.00. The fraction of sp³-hybridized carbons (Fsp3) is 0.294. The zero-order chi connectivity index (χ0) is 15.5. The number of nitrogens with zero attached hydrogens (tertiary/aromatic N) is 2. The quantitative estimate of drug-likeness (QED) is 0.910. The summed E-state index contributed by atoms with van der Waals surface area (Å²) in [4.78, 5) is 17.6. The minimum Gasteiger partial charge on any atom is -0.465 e. The Kier molecular flexibility index (Phi) is 3.96. The van der Waals surface area contributed by atoms with E-state index in [-0.39, 0.29) is 0 Å². The minimum atomic E-state index is -1.07. The molecular formula is C17H19N3O2. The molecule has 1 aromatic heterocycles. The van der Waals surface area contributed by atoms with Gasteiger partial charge in [-0.15, -0.1) is 0 Å². The Labute approximate surface area is 129 Å². The van der Waals surface area contributed by atoms with E-state index < -0.39 is 6.09 Å². The number of aryl methyl sites for hydroxylation is 1. The molecule has 5 nitrogen and oxygen atoms in total. The largest absolute Gasteiger partial charge is 0.465 e. The van der Waals surface area contributed by atoms with Gasteiger partial charge in [-0.1, -0.05) is 30.3 Å². The molecule has 0 spiro atoms. The van der Waals surface area contributed by atoms with E-state index in [0.29, 0.717) is 11.7 Å². The van der Waals surface area contributed by atoms with Gasteiger partial charge in [0, 0.05) is 12.6 Å². The smallest absolute Gasteiger partial charge is 0.409 e. The summed E-state index contributed by atoms with van der Waals surface area (Å²) in [5.41, 5.74) is 3.80. The maximum Gasteiger partial charge on any atom is 0.409 e. The first-order valence-corrected chi connectivity index (χ1v) is 7.43. The average molecular weight is 297 g/mol. The number of carbonyl (C=O) groups is 1. The lowest BCUT2D eigenvalue weighted by Crippen LogP contribution is -2.37. The van der Waals surface area contributed by atoms with Crippen LogP contribution in [-0.2, 0) is 13.0 Å². The molecule has 0 saturated heterocycles. The van der Waals surface area contributed by atoms with Crippen LogP contribution in [0.5, 0.6) is 0 Å². The Bertz CT molecular complexity index is 673. The highest BCUT2D eigenvalue weighted by atomic mass is 16.4. The van der Waals surface area contributed by atoms with Crippen molar-refractivity contribution in [3.63, 3.8) is 0 Å². The van der Waals surface area contributed by atoms with Crippen LogP contribution in [0.4, 0.5) is 16.2 Å². The molecule has 1 atom stereocenters. The second-order valence-corrected chi connectivity index (χ2v) is 5.62. The topological polar surface area (TPSA) is 65.5 Å². The van der Waals surface area contributed by atoms with E-state index in [1.807, 2.05) is 24.3 Å². The van der Waals surface area contributed by atoms with Crippen molar-refractivity contribution in [2.75, 3.05) is 10.2 Å². The summed E-state index contributed by atoms with van der Waals surface area (Å²) < 4.78 is 0. The van der Waals surface area contributed by atoms with E-state index >= 15 is 0 Å². The Morgan fingerprint density at radius 3 is 2.91 bits per heavy atom. The van der Waals surface area contributed by atoms with E-state index in [9.17, 15) is 4.79 Å². The number of carboxylic acid groups (broad SMARTS) is 1. The van der Waals surface area contributed by atoms with Crippen molar-refractivity contribution in [2.45, 2.75) is 32.4 Å². The molecule has 0 radical (unpaired) electrons. The number of rotatable bonds is 3. The van der Waals surface area contributed by atoms with Crippen LogP contribution in [-0.4, -0.2) is 22.2 Å². The first-order valence-electron chi connectivity index (χ1n) is 7.43. The predicted octanol–water partition coefficient (Wildman–Crippen LogP) is 3.51. The molecule has 22 heavy (non-hydrogen) atoms. The van der Waals surface area contributed by atoms with E-state index in [0.717, 1.165) is 30.8 Å². The van der Waals surface area contributed by atoms with Gasteiger partial charge in [0.1, 0.15) is 0 Å². The van der Waals surface area contributed by atoms with Gasteiger partial charge in [-0.05, 0) is 31.4 Å². The lowest BCUT2D eigenvalue weighted by Gasteiger charge is -2.36. The summed E-state index contributed by atoms with van der Waals surface area (Å²) in [7, 11) is 0. The Hall–Kier alpha value is -2.56. The Morgan fingerprint density at radius 2 is 2.18 bits per heavy atom. The molecule has 5 heteroatoms. The van der Waals surface area contributed by atoms with Crippen LogP contribution >= 0.6 is 0 Å². The number of nitrogens with one attached hydrogen (secondary N) is 1. The van der Waals surface area contributed by atoms with Gasteiger partial charge < -0.3 is 10.0 Å². The number of aromatic nitrogens is 1. The second-order valence-electron chi connectivity index (χ2n) is 5.62. The molecule has 0 aliphatic carbocycles. The van der Waals surface area contributed by atoms with Crippen LogP contribution in [0.3, 0.4) is 0 Å². The molecule has 114 valence electrons. The van der Waals surface area contributed by atoms with Gasteiger partial charge >= 0.3 is 6.09 Å². The van der Waals surface area contributed by atoms with Crippen LogP contribution in [0.15, 0.2) is 42.6 Å². The van der Waals surface area contributed by atoms with E-state index in [1.165, 1.54) is 5.56 Å². The summed E-state index contributed by atoms with van der Waals surface area (Å²) in [6.07, 6.45) is 2.50. The third-order valence-corrected chi connectivity index (χ3v) is 4.03. The van der Waals surface area contributed by atoms with E-state index in [2.05, 4.69) is 34.3 Å². The van der Waals surface area contributed by atoms with Crippen molar-refractivity contribution < 1.29 is 9.90 Å². The van der Waals surface area contributed by atoms with Crippen LogP contribution in [0.25, 0.3) is 0 Å². The SMILES string of the molecule is CC1CCc2ncc(NC(=O)O)cc2N1Cc1ccccc1. The van der Waals surface area contributed by atoms with Gasteiger partial charge in [0.05, 0.1) is 23.3 Å². The molecule has 0 bridgehead atoms. The zero-order valence-corrected chi connectivity index (χ0v) is 12.5. The maximum absolute atomic E-state index is 10.8. The molecule has 1 aliphatic heterocycles. The molecular weight excluding hydrogens is 278 g/mol. The monoisotopic (exact) mass is 297 g/mol. The van der Waals surface area contributed by atoms with Crippen molar-refractivity contribution in [1.29, 1.82) is 0 Å². The van der Waals surface area contributed by atoms with Gasteiger partial charge in [0.25, 0.3) is 0 Å². The van der Waals surface area contributed by atoms with Gasteiger partial charge in [-0.2, -0.15) is 0 Å². The molecule has 3 rings (SSSR count). The third-order valence-electron chi connectivity index (χ3n) is 4.03. The highest BCUT2D eigenvalue weighted by Crippen LogP contribution is 2.32. The first-order chi connectivity index (χ1) is 10.6. The number of amides is 1. The highest BCUT2D eigenvalue weighted by Gasteiger charge is 2.24. The summed E-state index contributed by atoms with van der Waals surface area (Å²) in [6, 6.07) is 12.6. The van der Waals surface area contributed by atoms with E-state index in [4.69, 9.17) is 5.11 Å². The zero-order valence-electron chi connectivity index (χ0n) is 12.5. The van der Waals surface area contributed by atoms with Gasteiger partial charge in [-0.3, -0.25) is 10.3 Å². The number of hydrogen-bond acceptors (Lipinski definition) is 3. The normalized spacial score (nSPS) is 17.0. The molecule has 2 aromatic rings. The predicted molar refractivity (Wildman–Crippen MR) is 86.3 cm³/mol. The number of fused-ring (bicyclic) bond motifs is 1. The lowest BCUT2D eigenvalue weighted by atomic mass is 9.99. The Balaban J connectivity index is 1.92. The molecule has 2 heterocycles. The van der Waals surface area contributed by atoms with Crippen molar-refractivity contribution in [3.8, 4) is 0 Å². The molecule has 0 saturated carbocycles. The number of anilines is 2. The van der Waals surface area contributed by atoms with Crippen LogP contribution < -0.4 is 10.2 Å². The number of benzene rings is 1. The summed E-state index contributed by atoms with van der Waals surface area (Å²) in [5, 5.41) is 11.3. The van der Waals surface area contributed by atoms with Crippen molar-refractivity contribution in [3.05, 3.63) is 53.9 Å². The van der Waals surface area contributed by atoms with Crippen LogP contribution in [0.2, 0.25) is 0 Å². The molecule has 2 N–H and O–H groups in total.